The predicted molar refractivity (Wildman–Crippen MR) is 115 cm³/mol. The first-order valence-corrected chi connectivity index (χ1v) is 11.2. The SMILES string of the molecule is CC1OC(=O)C=C1N1C(=O)C2(CCN(CC(O)c3ccc(-n4cnnn4)nc3)CC2)C[C@H]1C. The van der Waals surface area contributed by atoms with E-state index in [4.69, 9.17) is 4.74 Å². The van der Waals surface area contributed by atoms with Crippen LogP contribution in [0.1, 0.15) is 44.8 Å². The molecule has 1 spiro atoms. The van der Waals surface area contributed by atoms with E-state index >= 15 is 0 Å². The lowest BCUT2D eigenvalue weighted by Crippen LogP contribution is -2.46. The number of amides is 1. The number of ether oxygens (including phenoxy) is 1. The van der Waals surface area contributed by atoms with E-state index in [9.17, 15) is 14.7 Å². The van der Waals surface area contributed by atoms with Crippen molar-refractivity contribution in [3.05, 3.63) is 42.0 Å². The van der Waals surface area contributed by atoms with Crippen LogP contribution in [0.5, 0.6) is 0 Å². The lowest BCUT2D eigenvalue weighted by molar-refractivity contribution is -0.141. The summed E-state index contributed by atoms with van der Waals surface area (Å²) in [4.78, 5) is 33.4. The summed E-state index contributed by atoms with van der Waals surface area (Å²) in [5.41, 5.74) is 0.975. The number of nitrogens with zero attached hydrogens (tertiary/aromatic N) is 7. The fourth-order valence-electron chi connectivity index (χ4n) is 5.27. The molecule has 33 heavy (non-hydrogen) atoms. The number of aliphatic hydroxyl groups is 1. The minimum Gasteiger partial charge on any atom is -0.453 e. The molecule has 1 amide bonds. The standard InChI is InChI=1S/C22H27N7O4/c1-14-10-22(21(32)29(14)17-9-20(31)33-15(17)2)5-7-27(8-6-22)12-18(30)16-3-4-19(23-11-16)28-13-24-25-26-28/h3-4,9,11,13-15,18,30H,5-8,10,12H2,1-2H3/t14-,15?,18?/m1/s1. The first kappa shape index (κ1) is 21.7. The van der Waals surface area contributed by atoms with Crippen LogP contribution in [0.4, 0.5) is 0 Å². The number of esters is 1. The number of aromatic nitrogens is 5. The number of tetrazole rings is 1. The monoisotopic (exact) mass is 453 g/mol. The van der Waals surface area contributed by atoms with E-state index < -0.39 is 17.6 Å². The average molecular weight is 454 g/mol. The van der Waals surface area contributed by atoms with Gasteiger partial charge in [0.1, 0.15) is 12.4 Å². The minimum atomic E-state index is -0.683. The average Bonchev–Trinajstić information content (AvgIpc) is 3.50. The first-order valence-electron chi connectivity index (χ1n) is 11.2. The van der Waals surface area contributed by atoms with Crippen molar-refractivity contribution in [3.8, 4) is 5.82 Å². The van der Waals surface area contributed by atoms with Crippen LogP contribution in [0.15, 0.2) is 36.4 Å². The molecule has 0 aromatic carbocycles. The maximum Gasteiger partial charge on any atom is 0.333 e. The van der Waals surface area contributed by atoms with Crippen LogP contribution in [-0.2, 0) is 14.3 Å². The smallest absolute Gasteiger partial charge is 0.333 e. The second-order valence-corrected chi connectivity index (χ2v) is 9.18. The van der Waals surface area contributed by atoms with Gasteiger partial charge in [0.2, 0.25) is 5.91 Å². The highest BCUT2D eigenvalue weighted by molar-refractivity contribution is 5.91. The Kier molecular flexibility index (Phi) is 5.45. The van der Waals surface area contributed by atoms with E-state index in [1.807, 2.05) is 13.0 Å². The fraction of sp³-hybridized carbons (Fsp3) is 0.545. The van der Waals surface area contributed by atoms with E-state index in [1.54, 1.807) is 24.1 Å². The molecule has 2 aromatic rings. The molecule has 0 saturated carbocycles. The summed E-state index contributed by atoms with van der Waals surface area (Å²) in [5, 5.41) is 21.7. The number of hydrogen-bond donors (Lipinski definition) is 1. The number of carbonyl (C=O) groups is 2. The van der Waals surface area contributed by atoms with Crippen LogP contribution in [0.25, 0.3) is 5.82 Å². The van der Waals surface area contributed by atoms with Gasteiger partial charge in [0, 0.05) is 30.4 Å². The van der Waals surface area contributed by atoms with Gasteiger partial charge < -0.3 is 19.6 Å². The Balaban J connectivity index is 1.20. The molecule has 3 aliphatic rings. The molecule has 174 valence electrons. The highest BCUT2D eigenvalue weighted by Crippen LogP contribution is 2.46. The third-order valence-electron chi connectivity index (χ3n) is 7.04. The third-order valence-corrected chi connectivity index (χ3v) is 7.04. The molecular formula is C22H27N7O4. The number of β-amino-alcohol motifs (C(OH)–C–C–N with tert-alkyl or cyclic N) is 1. The Hall–Kier alpha value is -3.18. The number of likely N-dealkylation sites (tertiary alicyclic amines) is 2. The number of cyclic esters (lactones) is 1. The molecule has 3 atom stereocenters. The minimum absolute atomic E-state index is 0.0302. The fourth-order valence-corrected chi connectivity index (χ4v) is 5.27. The van der Waals surface area contributed by atoms with E-state index in [-0.39, 0.29) is 17.9 Å². The Morgan fingerprint density at radius 1 is 1.24 bits per heavy atom. The molecule has 0 aliphatic carbocycles. The highest BCUT2D eigenvalue weighted by atomic mass is 16.5. The van der Waals surface area contributed by atoms with Gasteiger partial charge in [-0.3, -0.25) is 4.79 Å². The Morgan fingerprint density at radius 2 is 2.03 bits per heavy atom. The van der Waals surface area contributed by atoms with Gasteiger partial charge in [0.25, 0.3) is 0 Å². The Bertz CT molecular complexity index is 1060. The third kappa shape index (κ3) is 3.91. The number of hydrogen-bond acceptors (Lipinski definition) is 9. The zero-order chi connectivity index (χ0) is 23.2. The lowest BCUT2D eigenvalue weighted by atomic mass is 9.76. The van der Waals surface area contributed by atoms with Gasteiger partial charge in [-0.25, -0.2) is 9.78 Å². The maximum atomic E-state index is 13.4. The lowest BCUT2D eigenvalue weighted by Gasteiger charge is -2.38. The Morgan fingerprint density at radius 3 is 2.64 bits per heavy atom. The molecule has 2 aromatic heterocycles. The zero-order valence-corrected chi connectivity index (χ0v) is 18.7. The van der Waals surface area contributed by atoms with E-state index in [0.29, 0.717) is 18.1 Å². The van der Waals surface area contributed by atoms with Gasteiger partial charge in [-0.1, -0.05) is 6.07 Å². The highest BCUT2D eigenvalue weighted by Gasteiger charge is 2.53. The summed E-state index contributed by atoms with van der Waals surface area (Å²) in [6.45, 7) is 5.76. The summed E-state index contributed by atoms with van der Waals surface area (Å²) in [5.74, 6) is 0.282. The van der Waals surface area contributed by atoms with Gasteiger partial charge >= 0.3 is 5.97 Å². The molecule has 11 heteroatoms. The normalized spacial score (nSPS) is 26.0. The molecule has 0 bridgehead atoms. The molecule has 5 rings (SSSR count). The van der Waals surface area contributed by atoms with Crippen LogP contribution in [0, 0.1) is 5.41 Å². The van der Waals surface area contributed by atoms with Gasteiger partial charge in [-0.15, -0.1) is 5.10 Å². The number of carbonyl (C=O) groups excluding carboxylic acids is 2. The summed E-state index contributed by atoms with van der Waals surface area (Å²) in [6, 6.07) is 3.61. The van der Waals surface area contributed by atoms with Crippen molar-refractivity contribution in [3.63, 3.8) is 0 Å². The number of aliphatic hydroxyl groups excluding tert-OH is 1. The summed E-state index contributed by atoms with van der Waals surface area (Å²) in [6.07, 6.45) is 5.69. The van der Waals surface area contributed by atoms with E-state index in [0.717, 1.165) is 37.9 Å². The summed E-state index contributed by atoms with van der Waals surface area (Å²) < 4.78 is 6.66. The van der Waals surface area contributed by atoms with Crippen LogP contribution in [-0.4, -0.2) is 83.8 Å². The van der Waals surface area contributed by atoms with Crippen molar-refractivity contribution < 1.29 is 19.4 Å². The number of rotatable bonds is 5. The van der Waals surface area contributed by atoms with Crippen molar-refractivity contribution in [1.29, 1.82) is 0 Å². The van der Waals surface area contributed by atoms with Crippen LogP contribution < -0.4 is 0 Å². The molecule has 2 unspecified atom stereocenters. The number of piperidine rings is 1. The zero-order valence-electron chi connectivity index (χ0n) is 18.7. The number of pyridine rings is 1. The second-order valence-electron chi connectivity index (χ2n) is 9.18. The van der Waals surface area contributed by atoms with E-state index in [2.05, 4.69) is 25.4 Å². The topological polar surface area (TPSA) is 127 Å². The Labute approximate surface area is 191 Å². The van der Waals surface area contributed by atoms with Crippen LogP contribution >= 0.6 is 0 Å². The summed E-state index contributed by atoms with van der Waals surface area (Å²) in [7, 11) is 0. The molecular weight excluding hydrogens is 426 g/mol. The largest absolute Gasteiger partial charge is 0.453 e. The van der Waals surface area contributed by atoms with Gasteiger partial charge in [-0.05, 0) is 62.7 Å². The summed E-state index contributed by atoms with van der Waals surface area (Å²) >= 11 is 0. The molecule has 2 saturated heterocycles. The molecule has 1 N–H and O–H groups in total. The van der Waals surface area contributed by atoms with Crippen molar-refractivity contribution in [1.82, 2.24) is 35.0 Å². The van der Waals surface area contributed by atoms with Crippen molar-refractivity contribution >= 4 is 11.9 Å². The molecule has 3 aliphatic heterocycles. The van der Waals surface area contributed by atoms with Gasteiger partial charge in [0.05, 0.1) is 17.2 Å². The second kappa shape index (κ2) is 8.31. The van der Waals surface area contributed by atoms with Gasteiger partial charge in [0.15, 0.2) is 5.82 Å². The predicted octanol–water partition coefficient (Wildman–Crippen LogP) is 0.623. The molecule has 5 heterocycles. The van der Waals surface area contributed by atoms with Crippen LogP contribution in [0.2, 0.25) is 0 Å². The molecule has 0 radical (unpaired) electrons. The van der Waals surface area contributed by atoms with Crippen molar-refractivity contribution in [2.75, 3.05) is 19.6 Å². The molecule has 11 nitrogen and oxygen atoms in total. The molecule has 2 fully saturated rings. The van der Waals surface area contributed by atoms with Gasteiger partial charge in [-0.2, -0.15) is 4.68 Å². The van der Waals surface area contributed by atoms with Crippen molar-refractivity contribution in [2.24, 2.45) is 5.41 Å². The van der Waals surface area contributed by atoms with Crippen molar-refractivity contribution in [2.45, 2.75) is 51.4 Å². The van der Waals surface area contributed by atoms with E-state index in [1.165, 1.54) is 17.1 Å². The quantitative estimate of drug-likeness (QED) is 0.648. The maximum absolute atomic E-state index is 13.4. The first-order chi connectivity index (χ1) is 15.9. The van der Waals surface area contributed by atoms with Crippen LogP contribution in [0.3, 0.4) is 0 Å².